The molecule has 3 aliphatic rings. The molecule has 0 amide bonds. The van der Waals surface area contributed by atoms with Gasteiger partial charge in [-0.1, -0.05) is 92.5 Å². The van der Waals surface area contributed by atoms with Gasteiger partial charge in [-0.15, -0.1) is 5.10 Å². The van der Waals surface area contributed by atoms with Crippen LogP contribution in [0.2, 0.25) is 0 Å². The van der Waals surface area contributed by atoms with Crippen LogP contribution < -0.4 is 0 Å². The molecule has 3 nitrogen and oxygen atoms in total. The Kier molecular flexibility index (Phi) is 4.60. The van der Waals surface area contributed by atoms with Crippen LogP contribution >= 0.6 is 0 Å². The second-order valence-electron chi connectivity index (χ2n) is 15.2. The Morgan fingerprint density at radius 2 is 1.31 bits per heavy atom. The molecule has 1 unspecified atom stereocenters. The predicted octanol–water partition coefficient (Wildman–Crippen LogP) is 8.13. The van der Waals surface area contributed by atoms with Gasteiger partial charge >= 0.3 is 0 Å². The fourth-order valence-electron chi connectivity index (χ4n) is 6.89. The molecule has 0 N–H and O–H groups in total. The Bertz CT molecular complexity index is 1040. The highest BCUT2D eigenvalue weighted by atomic mass is 15.5. The van der Waals surface area contributed by atoms with Crippen LogP contribution in [0.15, 0.2) is 11.1 Å². The highest BCUT2D eigenvalue weighted by Gasteiger charge is 2.62. The lowest BCUT2D eigenvalue weighted by atomic mass is 9.41. The van der Waals surface area contributed by atoms with E-state index in [0.717, 1.165) is 12.1 Å². The van der Waals surface area contributed by atoms with Crippen LogP contribution in [0.25, 0.3) is 11.1 Å². The number of aromatic nitrogens is 3. The molecule has 3 aliphatic carbocycles. The van der Waals surface area contributed by atoms with Gasteiger partial charge < -0.3 is 0 Å². The van der Waals surface area contributed by atoms with Crippen LogP contribution in [-0.2, 0) is 5.54 Å². The lowest BCUT2D eigenvalue weighted by molar-refractivity contribution is 0.127. The monoisotopic (exact) mass is 437 g/mol. The Hall–Kier alpha value is -1.38. The summed E-state index contributed by atoms with van der Waals surface area (Å²) in [5.74, 6) is 0.560. The maximum Gasteiger partial charge on any atom is 0.117 e. The first-order valence-electron chi connectivity index (χ1n) is 12.6. The quantitative estimate of drug-likeness (QED) is 0.444. The minimum Gasteiger partial charge on any atom is -0.239 e. The summed E-state index contributed by atoms with van der Waals surface area (Å²) >= 11 is 0. The van der Waals surface area contributed by atoms with Crippen LogP contribution in [0.4, 0.5) is 0 Å². The zero-order chi connectivity index (χ0) is 24.4. The summed E-state index contributed by atoms with van der Waals surface area (Å²) in [6.45, 7) is 33.5. The smallest absolute Gasteiger partial charge is 0.117 e. The van der Waals surface area contributed by atoms with E-state index in [1.54, 1.807) is 11.1 Å². The Morgan fingerprint density at radius 1 is 0.781 bits per heavy atom. The van der Waals surface area contributed by atoms with Crippen molar-refractivity contribution in [1.29, 1.82) is 0 Å². The van der Waals surface area contributed by atoms with E-state index < -0.39 is 0 Å². The molecule has 1 aromatic heterocycles. The molecule has 0 spiro atoms. The highest BCUT2D eigenvalue weighted by Crippen LogP contribution is 2.73. The Labute approximate surface area is 197 Å². The molecule has 3 heteroatoms. The average Bonchev–Trinajstić information content (AvgIpc) is 2.97. The van der Waals surface area contributed by atoms with E-state index >= 15 is 0 Å². The zero-order valence-corrected chi connectivity index (χ0v) is 23.3. The molecule has 178 valence electrons. The third-order valence-electron chi connectivity index (χ3n) is 9.87. The van der Waals surface area contributed by atoms with Gasteiger partial charge in [0.05, 0.1) is 11.2 Å². The maximum atomic E-state index is 4.92. The lowest BCUT2D eigenvalue weighted by Crippen LogP contribution is -2.52. The van der Waals surface area contributed by atoms with Gasteiger partial charge in [0.1, 0.15) is 5.69 Å². The van der Waals surface area contributed by atoms with Gasteiger partial charge in [-0.05, 0) is 66.9 Å². The van der Waals surface area contributed by atoms with E-state index in [-0.39, 0.29) is 32.6 Å². The molecule has 0 saturated heterocycles. The zero-order valence-electron chi connectivity index (χ0n) is 23.3. The largest absolute Gasteiger partial charge is 0.239 e. The third kappa shape index (κ3) is 2.78. The fourth-order valence-corrected chi connectivity index (χ4v) is 6.89. The van der Waals surface area contributed by atoms with Crippen molar-refractivity contribution in [3.05, 3.63) is 22.5 Å². The van der Waals surface area contributed by atoms with Gasteiger partial charge in [-0.2, -0.15) is 0 Å². The van der Waals surface area contributed by atoms with Crippen molar-refractivity contribution in [1.82, 2.24) is 15.0 Å². The summed E-state index contributed by atoms with van der Waals surface area (Å²) in [6, 6.07) is 0. The second-order valence-corrected chi connectivity index (χ2v) is 15.2. The van der Waals surface area contributed by atoms with E-state index in [2.05, 4.69) is 102 Å². The standard InChI is InChI=1S/C29H47N3/c1-24(2,3)16-17-15-18-20(28(11,12)26(18,7)8)22-23(32(31-30-22)25(4,5)6)21-19(17)27(9,10)29(21,13)14/h17H,15-16H2,1-14H3. The van der Waals surface area contributed by atoms with E-state index in [0.29, 0.717) is 5.92 Å². The Balaban J connectivity index is 2.12. The molecule has 32 heavy (non-hydrogen) atoms. The van der Waals surface area contributed by atoms with Gasteiger partial charge in [0.15, 0.2) is 0 Å². The molecule has 1 heterocycles. The van der Waals surface area contributed by atoms with Gasteiger partial charge in [0, 0.05) is 10.8 Å². The molecule has 0 radical (unpaired) electrons. The van der Waals surface area contributed by atoms with E-state index in [1.165, 1.54) is 23.3 Å². The molecule has 1 atom stereocenters. The molecule has 0 bridgehead atoms. The van der Waals surface area contributed by atoms with Gasteiger partial charge in [-0.25, -0.2) is 4.68 Å². The molecule has 0 saturated carbocycles. The number of nitrogens with zero attached hydrogens (tertiary/aromatic N) is 3. The van der Waals surface area contributed by atoms with Gasteiger partial charge in [0.25, 0.3) is 0 Å². The SMILES string of the molecule is CC(C)(C)CC1CC2=C(c3nnn(C(C)(C)C)c3C3=C1C(C)(C)C3(C)C)C(C)(C)C2(C)C. The predicted molar refractivity (Wildman–Crippen MR) is 136 cm³/mol. The summed E-state index contributed by atoms with van der Waals surface area (Å²) in [6.07, 6.45) is 2.37. The van der Waals surface area contributed by atoms with Crippen molar-refractivity contribution in [3.8, 4) is 0 Å². The van der Waals surface area contributed by atoms with Crippen molar-refractivity contribution in [2.75, 3.05) is 0 Å². The first-order chi connectivity index (χ1) is 14.2. The molecular weight excluding hydrogens is 390 g/mol. The number of hydrogen-bond donors (Lipinski definition) is 0. The minimum atomic E-state index is -0.114. The van der Waals surface area contributed by atoms with Gasteiger partial charge in [-0.3, -0.25) is 0 Å². The molecule has 4 rings (SSSR count). The summed E-state index contributed by atoms with van der Waals surface area (Å²) in [7, 11) is 0. The number of allylic oxidation sites excluding steroid dienone is 4. The van der Waals surface area contributed by atoms with Crippen molar-refractivity contribution in [2.45, 2.75) is 115 Å². The van der Waals surface area contributed by atoms with Crippen LogP contribution in [0, 0.1) is 33.0 Å². The van der Waals surface area contributed by atoms with E-state index in [4.69, 9.17) is 10.3 Å². The first-order valence-corrected chi connectivity index (χ1v) is 12.6. The van der Waals surface area contributed by atoms with Crippen LogP contribution in [-0.4, -0.2) is 15.0 Å². The lowest BCUT2D eigenvalue weighted by Gasteiger charge is -2.62. The van der Waals surface area contributed by atoms with Crippen LogP contribution in [0.5, 0.6) is 0 Å². The molecule has 0 fully saturated rings. The minimum absolute atomic E-state index is 0.0827. The second kappa shape index (κ2) is 6.19. The van der Waals surface area contributed by atoms with E-state index in [9.17, 15) is 0 Å². The number of fused-ring (bicyclic) bond motifs is 3. The van der Waals surface area contributed by atoms with E-state index in [1.807, 2.05) is 0 Å². The van der Waals surface area contributed by atoms with Crippen LogP contribution in [0.1, 0.15) is 121 Å². The molecule has 0 aliphatic heterocycles. The highest BCUT2D eigenvalue weighted by molar-refractivity contribution is 5.91. The average molecular weight is 438 g/mol. The van der Waals surface area contributed by atoms with Crippen molar-refractivity contribution < 1.29 is 0 Å². The third-order valence-corrected chi connectivity index (χ3v) is 9.87. The van der Waals surface area contributed by atoms with Crippen molar-refractivity contribution in [3.63, 3.8) is 0 Å². The normalized spacial score (nSPS) is 27.5. The van der Waals surface area contributed by atoms with Crippen molar-refractivity contribution in [2.24, 2.45) is 33.0 Å². The first kappa shape index (κ1) is 23.8. The summed E-state index contributed by atoms with van der Waals surface area (Å²) in [5.41, 5.74) is 9.40. The topological polar surface area (TPSA) is 30.7 Å². The molecular formula is C29H47N3. The van der Waals surface area contributed by atoms with Crippen LogP contribution in [0.3, 0.4) is 0 Å². The van der Waals surface area contributed by atoms with Crippen molar-refractivity contribution >= 4 is 11.1 Å². The maximum absolute atomic E-state index is 4.92. The number of hydrogen-bond acceptors (Lipinski definition) is 2. The molecule has 1 aromatic rings. The Morgan fingerprint density at radius 3 is 1.81 bits per heavy atom. The summed E-state index contributed by atoms with van der Waals surface area (Å²) in [4.78, 5) is 0. The van der Waals surface area contributed by atoms with Gasteiger partial charge in [0.2, 0.25) is 0 Å². The summed E-state index contributed by atoms with van der Waals surface area (Å²) < 4.78 is 2.24. The number of rotatable bonds is 1. The summed E-state index contributed by atoms with van der Waals surface area (Å²) in [5, 5.41) is 9.74. The fraction of sp³-hybridized carbons (Fsp3) is 0.793. The molecule has 0 aromatic carbocycles.